The standard InChI is InChI=1S/C10H8O6/c11-8(12)4-5-1-2-6(9(13)14)7(3-5)10(15)16/h1-3H,4H2,(H,11,12)(H,13,14)(H,15,16). The van der Waals surface area contributed by atoms with Crippen LogP contribution in [-0.2, 0) is 11.2 Å². The molecule has 3 N–H and O–H groups in total. The molecule has 0 bridgehead atoms. The van der Waals surface area contributed by atoms with Crippen LogP contribution in [0, 0.1) is 0 Å². The van der Waals surface area contributed by atoms with Crippen molar-refractivity contribution in [2.45, 2.75) is 6.42 Å². The maximum atomic E-state index is 10.8. The van der Waals surface area contributed by atoms with E-state index in [0.29, 0.717) is 0 Å². The Kier molecular flexibility index (Phi) is 3.24. The average Bonchev–Trinajstić information content (AvgIpc) is 2.16. The van der Waals surface area contributed by atoms with Gasteiger partial charge in [0.05, 0.1) is 17.5 Å². The highest BCUT2D eigenvalue weighted by Gasteiger charge is 2.16. The molecule has 0 aliphatic rings. The van der Waals surface area contributed by atoms with Crippen molar-refractivity contribution >= 4 is 17.9 Å². The summed E-state index contributed by atoms with van der Waals surface area (Å²) in [5, 5.41) is 26.0. The van der Waals surface area contributed by atoms with Crippen molar-refractivity contribution in [2.75, 3.05) is 0 Å². The van der Waals surface area contributed by atoms with Crippen molar-refractivity contribution in [3.05, 3.63) is 34.9 Å². The lowest BCUT2D eigenvalue weighted by atomic mass is 10.0. The number of aromatic carboxylic acids is 2. The number of benzene rings is 1. The summed E-state index contributed by atoms with van der Waals surface area (Å²) in [7, 11) is 0. The highest BCUT2D eigenvalue weighted by Crippen LogP contribution is 2.13. The highest BCUT2D eigenvalue weighted by atomic mass is 16.4. The summed E-state index contributed by atoms with van der Waals surface area (Å²) in [6, 6.07) is 3.42. The Morgan fingerprint density at radius 1 is 0.938 bits per heavy atom. The van der Waals surface area contributed by atoms with E-state index in [9.17, 15) is 14.4 Å². The van der Waals surface area contributed by atoms with Gasteiger partial charge in [-0.25, -0.2) is 9.59 Å². The fraction of sp³-hybridized carbons (Fsp3) is 0.100. The van der Waals surface area contributed by atoms with Gasteiger partial charge in [0.25, 0.3) is 0 Å². The molecule has 1 aromatic carbocycles. The monoisotopic (exact) mass is 224 g/mol. The van der Waals surface area contributed by atoms with Gasteiger partial charge in [0, 0.05) is 0 Å². The fourth-order valence-corrected chi connectivity index (χ4v) is 1.24. The quantitative estimate of drug-likeness (QED) is 0.694. The average molecular weight is 224 g/mol. The van der Waals surface area contributed by atoms with E-state index in [1.807, 2.05) is 0 Å². The zero-order valence-electron chi connectivity index (χ0n) is 8.01. The molecule has 0 aliphatic carbocycles. The lowest BCUT2D eigenvalue weighted by Crippen LogP contribution is -2.10. The zero-order chi connectivity index (χ0) is 12.3. The summed E-state index contributed by atoms with van der Waals surface area (Å²) in [4.78, 5) is 31.8. The van der Waals surface area contributed by atoms with E-state index in [0.717, 1.165) is 12.1 Å². The predicted octanol–water partition coefficient (Wildman–Crippen LogP) is 0.710. The molecule has 0 amide bonds. The number of carboxylic acid groups (broad SMARTS) is 3. The van der Waals surface area contributed by atoms with Crippen molar-refractivity contribution in [1.29, 1.82) is 0 Å². The minimum atomic E-state index is -1.40. The van der Waals surface area contributed by atoms with Gasteiger partial charge in [0.1, 0.15) is 0 Å². The Balaban J connectivity index is 3.22. The molecule has 0 spiro atoms. The second-order valence-corrected chi connectivity index (χ2v) is 3.06. The molecule has 1 rings (SSSR count). The summed E-state index contributed by atoms with van der Waals surface area (Å²) < 4.78 is 0. The Morgan fingerprint density at radius 3 is 1.94 bits per heavy atom. The van der Waals surface area contributed by atoms with Crippen LogP contribution in [0.15, 0.2) is 18.2 Å². The highest BCUT2D eigenvalue weighted by molar-refractivity contribution is 6.01. The summed E-state index contributed by atoms with van der Waals surface area (Å²) in [6.07, 6.45) is -0.347. The molecule has 84 valence electrons. The van der Waals surface area contributed by atoms with Crippen LogP contribution in [-0.4, -0.2) is 33.2 Å². The van der Waals surface area contributed by atoms with E-state index >= 15 is 0 Å². The van der Waals surface area contributed by atoms with Gasteiger partial charge in [0.2, 0.25) is 0 Å². The lowest BCUT2D eigenvalue weighted by molar-refractivity contribution is -0.136. The predicted molar refractivity (Wildman–Crippen MR) is 51.7 cm³/mol. The smallest absolute Gasteiger partial charge is 0.336 e. The van der Waals surface area contributed by atoms with E-state index in [1.54, 1.807) is 0 Å². The lowest BCUT2D eigenvalue weighted by Gasteiger charge is -2.03. The molecular weight excluding hydrogens is 216 g/mol. The first kappa shape index (κ1) is 11.7. The van der Waals surface area contributed by atoms with Crippen molar-refractivity contribution in [1.82, 2.24) is 0 Å². The van der Waals surface area contributed by atoms with Gasteiger partial charge in [-0.2, -0.15) is 0 Å². The number of hydrogen-bond donors (Lipinski definition) is 3. The molecule has 6 nitrogen and oxygen atoms in total. The van der Waals surface area contributed by atoms with Gasteiger partial charge >= 0.3 is 17.9 Å². The van der Waals surface area contributed by atoms with Crippen LogP contribution < -0.4 is 0 Å². The second-order valence-electron chi connectivity index (χ2n) is 3.06. The van der Waals surface area contributed by atoms with Gasteiger partial charge in [-0.05, 0) is 17.7 Å². The van der Waals surface area contributed by atoms with E-state index in [4.69, 9.17) is 15.3 Å². The van der Waals surface area contributed by atoms with E-state index in [-0.39, 0.29) is 17.5 Å². The minimum Gasteiger partial charge on any atom is -0.481 e. The van der Waals surface area contributed by atoms with Gasteiger partial charge < -0.3 is 15.3 Å². The van der Waals surface area contributed by atoms with E-state index < -0.39 is 23.5 Å². The van der Waals surface area contributed by atoms with Gasteiger partial charge in [-0.1, -0.05) is 6.07 Å². The molecule has 1 aromatic rings. The third-order valence-electron chi connectivity index (χ3n) is 1.90. The maximum Gasteiger partial charge on any atom is 0.336 e. The molecule has 6 heteroatoms. The van der Waals surface area contributed by atoms with Crippen LogP contribution >= 0.6 is 0 Å². The molecule has 0 fully saturated rings. The van der Waals surface area contributed by atoms with Crippen LogP contribution in [0.2, 0.25) is 0 Å². The molecule has 0 saturated heterocycles. The van der Waals surface area contributed by atoms with Crippen molar-refractivity contribution in [3.63, 3.8) is 0 Å². The van der Waals surface area contributed by atoms with Crippen LogP contribution in [0.5, 0.6) is 0 Å². The molecule has 0 heterocycles. The van der Waals surface area contributed by atoms with Gasteiger partial charge in [-0.3, -0.25) is 4.79 Å². The number of hydrogen-bond acceptors (Lipinski definition) is 3. The Labute approximate surface area is 89.8 Å². The second kappa shape index (κ2) is 4.43. The van der Waals surface area contributed by atoms with Crippen LogP contribution in [0.25, 0.3) is 0 Å². The molecule has 0 unspecified atom stereocenters. The molecule has 0 saturated carbocycles. The van der Waals surface area contributed by atoms with E-state index in [2.05, 4.69) is 0 Å². The molecular formula is C10H8O6. The first-order valence-corrected chi connectivity index (χ1v) is 4.23. The number of aliphatic carboxylic acids is 1. The van der Waals surface area contributed by atoms with Crippen LogP contribution in [0.1, 0.15) is 26.3 Å². The topological polar surface area (TPSA) is 112 Å². The summed E-state index contributed by atoms with van der Waals surface area (Å²) in [5.74, 6) is -3.87. The molecule has 0 aliphatic heterocycles. The third-order valence-corrected chi connectivity index (χ3v) is 1.90. The van der Waals surface area contributed by atoms with Crippen molar-refractivity contribution in [2.24, 2.45) is 0 Å². The summed E-state index contributed by atoms with van der Waals surface area (Å²) >= 11 is 0. The maximum absolute atomic E-state index is 10.8. The van der Waals surface area contributed by atoms with Gasteiger partial charge in [0.15, 0.2) is 0 Å². The largest absolute Gasteiger partial charge is 0.481 e. The zero-order valence-corrected chi connectivity index (χ0v) is 8.01. The molecule has 0 aromatic heterocycles. The number of rotatable bonds is 4. The Hall–Kier alpha value is -2.37. The first-order valence-electron chi connectivity index (χ1n) is 4.23. The normalized spacial score (nSPS) is 9.75. The summed E-state index contributed by atoms with van der Waals surface area (Å²) in [6.45, 7) is 0. The summed E-state index contributed by atoms with van der Waals surface area (Å²) in [5.41, 5.74) is -0.525. The third kappa shape index (κ3) is 2.57. The minimum absolute atomic E-state index is 0.245. The molecule has 0 radical (unpaired) electrons. The number of carboxylic acids is 3. The Morgan fingerprint density at radius 2 is 1.50 bits per heavy atom. The van der Waals surface area contributed by atoms with Crippen molar-refractivity contribution < 1.29 is 29.7 Å². The van der Waals surface area contributed by atoms with Gasteiger partial charge in [-0.15, -0.1) is 0 Å². The van der Waals surface area contributed by atoms with E-state index in [1.165, 1.54) is 6.07 Å². The molecule has 0 atom stereocenters. The first-order chi connectivity index (χ1) is 7.41. The van der Waals surface area contributed by atoms with Crippen LogP contribution in [0.4, 0.5) is 0 Å². The molecule has 16 heavy (non-hydrogen) atoms. The SMILES string of the molecule is O=C(O)Cc1ccc(C(=O)O)c(C(=O)O)c1. The Bertz CT molecular complexity index is 462. The number of carbonyl (C=O) groups is 3. The van der Waals surface area contributed by atoms with Crippen LogP contribution in [0.3, 0.4) is 0 Å². The van der Waals surface area contributed by atoms with Crippen molar-refractivity contribution in [3.8, 4) is 0 Å². The fourth-order valence-electron chi connectivity index (χ4n) is 1.24.